The van der Waals surface area contributed by atoms with Gasteiger partial charge in [0, 0.05) is 26.8 Å². The number of Topliss-reactive ketones (excluding diaryl/α,β-unsaturated/α-hetero) is 2. The lowest BCUT2D eigenvalue weighted by molar-refractivity contribution is -0.384. The molecule has 1 aliphatic carbocycles. The number of amides is 2. The second kappa shape index (κ2) is 7.87. The van der Waals surface area contributed by atoms with Crippen molar-refractivity contribution in [1.29, 1.82) is 0 Å². The Morgan fingerprint density at radius 3 is 2.08 bits per heavy atom. The molecular formula is C26H15IN2O7. The number of hydrogen-bond acceptors (Lipinski definition) is 7. The van der Waals surface area contributed by atoms with E-state index in [-0.39, 0.29) is 22.5 Å². The van der Waals surface area contributed by atoms with Crippen molar-refractivity contribution in [2.24, 2.45) is 11.8 Å². The molecule has 6 rings (SSSR count). The molecule has 3 aromatic carbocycles. The Morgan fingerprint density at radius 1 is 0.861 bits per heavy atom. The number of nitro groups is 1. The van der Waals surface area contributed by atoms with Gasteiger partial charge in [0.25, 0.3) is 5.69 Å². The SMILES string of the molecule is O=C1[C@@H]2[C@H](c3cccc(I)c3)OC3(C(=O)c4ccccc4C3=O)[C@H]2C(=O)N1c1ccc([N+](=O)[O-])cc1. The largest absolute Gasteiger partial charge is 0.349 e. The molecule has 178 valence electrons. The minimum atomic E-state index is -2.16. The summed E-state index contributed by atoms with van der Waals surface area (Å²) in [6.07, 6.45) is -1.02. The summed E-state index contributed by atoms with van der Waals surface area (Å²) >= 11 is 2.10. The summed E-state index contributed by atoms with van der Waals surface area (Å²) in [6.45, 7) is 0. The van der Waals surface area contributed by atoms with Crippen molar-refractivity contribution in [2.45, 2.75) is 11.7 Å². The molecule has 1 spiro atoms. The Kier molecular flexibility index (Phi) is 4.96. The number of imide groups is 1. The summed E-state index contributed by atoms with van der Waals surface area (Å²) < 4.78 is 7.09. The molecule has 2 fully saturated rings. The first-order valence-corrected chi connectivity index (χ1v) is 12.1. The molecule has 3 aliphatic rings. The maximum Gasteiger partial charge on any atom is 0.269 e. The van der Waals surface area contributed by atoms with Crippen LogP contribution in [-0.2, 0) is 14.3 Å². The summed E-state index contributed by atoms with van der Waals surface area (Å²) in [5.41, 5.74) is -1.37. The molecule has 2 saturated heterocycles. The number of non-ortho nitro benzene ring substituents is 1. The predicted molar refractivity (Wildman–Crippen MR) is 133 cm³/mol. The van der Waals surface area contributed by atoms with E-state index in [0.29, 0.717) is 5.56 Å². The van der Waals surface area contributed by atoms with Crippen LogP contribution < -0.4 is 4.90 Å². The van der Waals surface area contributed by atoms with Gasteiger partial charge in [0.1, 0.15) is 0 Å². The molecule has 0 N–H and O–H groups in total. The van der Waals surface area contributed by atoms with E-state index in [1.54, 1.807) is 30.3 Å². The number of hydrogen-bond donors (Lipinski definition) is 0. The lowest BCUT2D eigenvalue weighted by atomic mass is 9.77. The quantitative estimate of drug-likeness (QED) is 0.148. The van der Waals surface area contributed by atoms with E-state index >= 15 is 0 Å². The number of carbonyl (C=O) groups excluding carboxylic acids is 4. The lowest BCUT2D eigenvalue weighted by Crippen LogP contribution is -2.51. The van der Waals surface area contributed by atoms with Gasteiger partial charge in [-0.15, -0.1) is 0 Å². The van der Waals surface area contributed by atoms with Crippen molar-refractivity contribution < 1.29 is 28.8 Å². The molecule has 3 aromatic rings. The van der Waals surface area contributed by atoms with Gasteiger partial charge in [-0.25, -0.2) is 4.90 Å². The molecule has 0 saturated carbocycles. The van der Waals surface area contributed by atoms with E-state index in [9.17, 15) is 29.3 Å². The molecule has 0 radical (unpaired) electrons. The Balaban J connectivity index is 1.52. The van der Waals surface area contributed by atoms with Gasteiger partial charge in [-0.1, -0.05) is 36.4 Å². The number of halogens is 1. The molecule has 0 bridgehead atoms. The highest BCUT2D eigenvalue weighted by molar-refractivity contribution is 14.1. The van der Waals surface area contributed by atoms with Crippen LogP contribution in [0.25, 0.3) is 0 Å². The number of ketones is 2. The van der Waals surface area contributed by atoms with E-state index < -0.39 is 51.8 Å². The van der Waals surface area contributed by atoms with Gasteiger partial charge in [0.05, 0.1) is 28.6 Å². The van der Waals surface area contributed by atoms with Crippen LogP contribution in [0, 0.1) is 25.5 Å². The van der Waals surface area contributed by atoms with Crippen LogP contribution in [0.5, 0.6) is 0 Å². The molecule has 3 atom stereocenters. The molecule has 2 heterocycles. The van der Waals surface area contributed by atoms with Crippen molar-refractivity contribution in [3.8, 4) is 0 Å². The van der Waals surface area contributed by atoms with Crippen LogP contribution in [-0.4, -0.2) is 33.9 Å². The first-order valence-electron chi connectivity index (χ1n) is 11.0. The second-order valence-electron chi connectivity index (χ2n) is 8.82. The van der Waals surface area contributed by atoms with E-state index in [2.05, 4.69) is 22.6 Å². The number of benzene rings is 3. The topological polar surface area (TPSA) is 124 Å². The summed E-state index contributed by atoms with van der Waals surface area (Å²) in [5, 5.41) is 11.1. The van der Waals surface area contributed by atoms with E-state index in [1.807, 2.05) is 6.07 Å². The average Bonchev–Trinajstić information content (AvgIpc) is 3.44. The zero-order valence-electron chi connectivity index (χ0n) is 18.3. The Labute approximate surface area is 217 Å². The van der Waals surface area contributed by atoms with Gasteiger partial charge in [-0.3, -0.25) is 29.3 Å². The van der Waals surface area contributed by atoms with E-state index in [1.165, 1.54) is 36.4 Å². The number of nitro benzene ring substituents is 1. The highest BCUT2D eigenvalue weighted by atomic mass is 127. The summed E-state index contributed by atoms with van der Waals surface area (Å²) in [5.74, 6) is -5.17. The maximum absolute atomic E-state index is 13.8. The van der Waals surface area contributed by atoms with Gasteiger partial charge in [-0.05, 0) is 52.4 Å². The highest BCUT2D eigenvalue weighted by Gasteiger charge is 2.74. The van der Waals surface area contributed by atoms with Crippen LogP contribution in [0.2, 0.25) is 0 Å². The van der Waals surface area contributed by atoms with Crippen LogP contribution in [0.1, 0.15) is 32.4 Å². The van der Waals surface area contributed by atoms with Gasteiger partial charge < -0.3 is 4.74 Å². The summed E-state index contributed by atoms with van der Waals surface area (Å²) in [6, 6.07) is 18.4. The van der Waals surface area contributed by atoms with Crippen molar-refractivity contribution >= 4 is 57.3 Å². The van der Waals surface area contributed by atoms with Crippen molar-refractivity contribution in [3.05, 3.63) is 103 Å². The van der Waals surface area contributed by atoms with Gasteiger partial charge in [-0.2, -0.15) is 0 Å². The van der Waals surface area contributed by atoms with Crippen LogP contribution in [0.4, 0.5) is 11.4 Å². The van der Waals surface area contributed by atoms with Crippen molar-refractivity contribution in [1.82, 2.24) is 0 Å². The number of fused-ring (bicyclic) bond motifs is 3. The summed E-state index contributed by atoms with van der Waals surface area (Å²) in [7, 11) is 0. The van der Waals surface area contributed by atoms with Crippen LogP contribution >= 0.6 is 22.6 Å². The highest BCUT2D eigenvalue weighted by Crippen LogP contribution is 2.57. The number of nitrogens with zero attached hydrogens (tertiary/aromatic N) is 2. The number of rotatable bonds is 3. The predicted octanol–water partition coefficient (Wildman–Crippen LogP) is 3.89. The Hall–Kier alpha value is -3.77. The fourth-order valence-corrected chi connectivity index (χ4v) is 6.05. The fourth-order valence-electron chi connectivity index (χ4n) is 5.48. The minimum Gasteiger partial charge on any atom is -0.349 e. The Morgan fingerprint density at radius 2 is 1.50 bits per heavy atom. The van der Waals surface area contributed by atoms with Crippen molar-refractivity contribution in [3.63, 3.8) is 0 Å². The van der Waals surface area contributed by atoms with E-state index in [0.717, 1.165) is 8.47 Å². The molecule has 2 aliphatic heterocycles. The molecule has 0 unspecified atom stereocenters. The molecule has 0 aromatic heterocycles. The normalized spacial score (nSPS) is 23.9. The van der Waals surface area contributed by atoms with Gasteiger partial charge >= 0.3 is 0 Å². The third-order valence-electron chi connectivity index (χ3n) is 7.01. The average molecular weight is 594 g/mol. The Bertz CT molecular complexity index is 1480. The fraction of sp³-hybridized carbons (Fsp3) is 0.154. The zero-order chi connectivity index (χ0) is 25.4. The van der Waals surface area contributed by atoms with Gasteiger partial charge in [0.15, 0.2) is 0 Å². The second-order valence-corrected chi connectivity index (χ2v) is 10.1. The first kappa shape index (κ1) is 22.7. The molecule has 9 nitrogen and oxygen atoms in total. The molecular weight excluding hydrogens is 579 g/mol. The first-order chi connectivity index (χ1) is 17.3. The van der Waals surface area contributed by atoms with Crippen molar-refractivity contribution in [2.75, 3.05) is 4.90 Å². The molecule has 36 heavy (non-hydrogen) atoms. The number of ether oxygens (including phenoxy) is 1. The number of anilines is 1. The number of carbonyl (C=O) groups is 4. The molecule has 10 heteroatoms. The molecule has 2 amide bonds. The summed E-state index contributed by atoms with van der Waals surface area (Å²) in [4.78, 5) is 66.5. The minimum absolute atomic E-state index is 0.122. The third kappa shape index (κ3) is 2.91. The standard InChI is InChI=1S/C26H15IN2O7/c27-14-5-3-4-13(12-14)21-19-20(26(36-21)22(30)17-6-1-2-7-18(17)23(26)31)25(33)28(24(19)32)15-8-10-16(11-9-15)29(34)35/h1-12,19-21H/t19-,20+,21-/m0/s1. The maximum atomic E-state index is 13.8. The third-order valence-corrected chi connectivity index (χ3v) is 7.69. The smallest absolute Gasteiger partial charge is 0.269 e. The van der Waals surface area contributed by atoms with Gasteiger partial charge in [0.2, 0.25) is 29.0 Å². The lowest BCUT2D eigenvalue weighted by Gasteiger charge is -2.27. The van der Waals surface area contributed by atoms with E-state index in [4.69, 9.17) is 4.74 Å². The monoisotopic (exact) mass is 594 g/mol. The van der Waals surface area contributed by atoms with Crippen LogP contribution in [0.3, 0.4) is 0 Å². The van der Waals surface area contributed by atoms with Crippen LogP contribution in [0.15, 0.2) is 72.8 Å². The zero-order valence-corrected chi connectivity index (χ0v) is 20.4.